The molecule has 2 saturated heterocycles. The summed E-state index contributed by atoms with van der Waals surface area (Å²) >= 11 is 0. The van der Waals surface area contributed by atoms with Crippen molar-refractivity contribution in [1.82, 2.24) is 15.1 Å². The van der Waals surface area contributed by atoms with E-state index < -0.39 is 0 Å². The lowest BCUT2D eigenvalue weighted by atomic mass is 9.95. The topological polar surface area (TPSA) is 52.6 Å². The summed E-state index contributed by atoms with van der Waals surface area (Å²) in [6, 6.07) is 20.6. The van der Waals surface area contributed by atoms with Crippen molar-refractivity contribution >= 4 is 17.4 Å². The van der Waals surface area contributed by atoms with E-state index in [1.807, 2.05) is 47.4 Å². The molecular formula is C26H28FN5O. The zero-order valence-electron chi connectivity index (χ0n) is 18.6. The molecule has 0 saturated carbocycles. The van der Waals surface area contributed by atoms with Crippen LogP contribution in [0.1, 0.15) is 12.8 Å². The third kappa shape index (κ3) is 4.82. The molecule has 2 fully saturated rings. The molecule has 3 heterocycles. The monoisotopic (exact) mass is 445 g/mol. The van der Waals surface area contributed by atoms with E-state index in [-0.39, 0.29) is 17.6 Å². The van der Waals surface area contributed by atoms with Crippen LogP contribution >= 0.6 is 0 Å². The second kappa shape index (κ2) is 9.57. The third-order valence-corrected chi connectivity index (χ3v) is 6.67. The molecule has 7 heteroatoms. The summed E-state index contributed by atoms with van der Waals surface area (Å²) < 4.78 is 13.2. The average molecular weight is 446 g/mol. The number of benzene rings is 2. The summed E-state index contributed by atoms with van der Waals surface area (Å²) in [5.74, 6) is 0.972. The first-order valence-corrected chi connectivity index (χ1v) is 11.6. The van der Waals surface area contributed by atoms with Crippen LogP contribution in [-0.2, 0) is 4.79 Å². The van der Waals surface area contributed by atoms with Gasteiger partial charge in [0.25, 0.3) is 0 Å². The Morgan fingerprint density at radius 1 is 0.758 bits per heavy atom. The van der Waals surface area contributed by atoms with Crippen molar-refractivity contribution in [3.8, 4) is 11.3 Å². The Hall–Kier alpha value is -3.48. The van der Waals surface area contributed by atoms with Crippen LogP contribution in [0, 0.1) is 11.7 Å². The number of carbonyl (C=O) groups excluding carboxylic acids is 1. The molecule has 3 aromatic rings. The Bertz CT molecular complexity index is 1060. The first-order valence-electron chi connectivity index (χ1n) is 11.6. The van der Waals surface area contributed by atoms with Crippen LogP contribution in [0.3, 0.4) is 0 Å². The number of hydrogen-bond acceptors (Lipinski definition) is 5. The van der Waals surface area contributed by atoms with Crippen molar-refractivity contribution in [3.63, 3.8) is 0 Å². The molecule has 170 valence electrons. The minimum Gasteiger partial charge on any atom is -0.368 e. The van der Waals surface area contributed by atoms with E-state index in [4.69, 9.17) is 0 Å². The molecule has 0 atom stereocenters. The molecule has 0 radical (unpaired) electrons. The molecule has 0 bridgehead atoms. The summed E-state index contributed by atoms with van der Waals surface area (Å²) in [5, 5.41) is 8.83. The molecule has 0 aliphatic carbocycles. The fourth-order valence-corrected chi connectivity index (χ4v) is 4.71. The highest BCUT2D eigenvalue weighted by Crippen LogP contribution is 2.25. The molecule has 2 aromatic carbocycles. The SMILES string of the molecule is O=C(C1CCN(c2ccc(-c3ccccc3)nn2)CC1)N1CCN(c2ccc(F)cc2)CC1. The summed E-state index contributed by atoms with van der Waals surface area (Å²) in [4.78, 5) is 19.5. The molecule has 0 spiro atoms. The van der Waals surface area contributed by atoms with Gasteiger partial charge in [-0.15, -0.1) is 10.2 Å². The van der Waals surface area contributed by atoms with E-state index in [9.17, 15) is 9.18 Å². The number of halogens is 1. The van der Waals surface area contributed by atoms with Crippen molar-refractivity contribution in [1.29, 1.82) is 0 Å². The van der Waals surface area contributed by atoms with E-state index in [0.717, 1.165) is 61.8 Å². The van der Waals surface area contributed by atoms with Gasteiger partial charge in [-0.1, -0.05) is 30.3 Å². The van der Waals surface area contributed by atoms with E-state index >= 15 is 0 Å². The van der Waals surface area contributed by atoms with Gasteiger partial charge in [-0.25, -0.2) is 4.39 Å². The van der Waals surface area contributed by atoms with Crippen LogP contribution in [0.25, 0.3) is 11.3 Å². The molecule has 1 amide bonds. The largest absolute Gasteiger partial charge is 0.368 e. The normalized spacial score (nSPS) is 17.3. The predicted molar refractivity (Wildman–Crippen MR) is 128 cm³/mol. The smallest absolute Gasteiger partial charge is 0.225 e. The second-order valence-electron chi connectivity index (χ2n) is 8.69. The van der Waals surface area contributed by atoms with Gasteiger partial charge < -0.3 is 14.7 Å². The molecule has 6 nitrogen and oxygen atoms in total. The van der Waals surface area contributed by atoms with Gasteiger partial charge in [0.15, 0.2) is 5.82 Å². The van der Waals surface area contributed by atoms with Gasteiger partial charge in [0.1, 0.15) is 5.82 Å². The number of aromatic nitrogens is 2. The van der Waals surface area contributed by atoms with Crippen LogP contribution in [0.15, 0.2) is 66.7 Å². The number of amides is 1. The van der Waals surface area contributed by atoms with Crippen LogP contribution in [0.2, 0.25) is 0 Å². The molecule has 5 rings (SSSR count). The van der Waals surface area contributed by atoms with Gasteiger partial charge in [0.05, 0.1) is 5.69 Å². The number of hydrogen-bond donors (Lipinski definition) is 0. The third-order valence-electron chi connectivity index (χ3n) is 6.67. The Morgan fingerprint density at radius 2 is 1.45 bits per heavy atom. The van der Waals surface area contributed by atoms with Crippen LogP contribution in [0.4, 0.5) is 15.9 Å². The summed E-state index contributed by atoms with van der Waals surface area (Å²) in [6.07, 6.45) is 1.66. The molecule has 1 aromatic heterocycles. The predicted octanol–water partition coefficient (Wildman–Crippen LogP) is 3.85. The van der Waals surface area contributed by atoms with Gasteiger partial charge in [-0.05, 0) is 49.2 Å². The number of carbonyl (C=O) groups is 1. The van der Waals surface area contributed by atoms with Crippen molar-refractivity contribution < 1.29 is 9.18 Å². The molecule has 2 aliphatic heterocycles. The first kappa shape index (κ1) is 21.4. The quantitative estimate of drug-likeness (QED) is 0.611. The van der Waals surface area contributed by atoms with Gasteiger partial charge >= 0.3 is 0 Å². The standard InChI is InChI=1S/C26H28FN5O/c27-22-6-8-23(9-7-22)30-16-18-32(19-17-30)26(33)21-12-14-31(15-13-21)25-11-10-24(28-29-25)20-4-2-1-3-5-20/h1-11,21H,12-19H2. The van der Waals surface area contributed by atoms with Crippen LogP contribution < -0.4 is 9.80 Å². The van der Waals surface area contributed by atoms with E-state index in [2.05, 4.69) is 20.0 Å². The maximum Gasteiger partial charge on any atom is 0.225 e. The summed E-state index contributed by atoms with van der Waals surface area (Å²) in [5.41, 5.74) is 2.93. The Balaban J connectivity index is 1.12. The van der Waals surface area contributed by atoms with Gasteiger partial charge in [0, 0.05) is 56.4 Å². The molecule has 0 unspecified atom stereocenters. The van der Waals surface area contributed by atoms with E-state index in [1.165, 1.54) is 12.1 Å². The highest BCUT2D eigenvalue weighted by atomic mass is 19.1. The summed E-state index contributed by atoms with van der Waals surface area (Å²) in [6.45, 7) is 4.60. The van der Waals surface area contributed by atoms with Gasteiger partial charge in [-0.3, -0.25) is 4.79 Å². The second-order valence-corrected chi connectivity index (χ2v) is 8.69. The van der Waals surface area contributed by atoms with Gasteiger partial charge in [0.2, 0.25) is 5.91 Å². The Kier molecular flexibility index (Phi) is 6.19. The summed E-state index contributed by atoms with van der Waals surface area (Å²) in [7, 11) is 0. The Morgan fingerprint density at radius 3 is 2.09 bits per heavy atom. The fraction of sp³-hybridized carbons (Fsp3) is 0.346. The lowest BCUT2D eigenvalue weighted by molar-refractivity contribution is -0.136. The number of nitrogens with zero attached hydrogens (tertiary/aromatic N) is 5. The van der Waals surface area contributed by atoms with Crippen molar-refractivity contribution in [2.45, 2.75) is 12.8 Å². The molecule has 2 aliphatic rings. The minimum atomic E-state index is -0.225. The maximum absolute atomic E-state index is 13.2. The number of piperazine rings is 1. The lowest BCUT2D eigenvalue weighted by Gasteiger charge is -2.39. The van der Waals surface area contributed by atoms with Crippen molar-refractivity contribution in [2.75, 3.05) is 49.1 Å². The molecule has 33 heavy (non-hydrogen) atoms. The van der Waals surface area contributed by atoms with Crippen LogP contribution in [-0.4, -0.2) is 60.3 Å². The number of anilines is 2. The van der Waals surface area contributed by atoms with Crippen LogP contribution in [0.5, 0.6) is 0 Å². The fourth-order valence-electron chi connectivity index (χ4n) is 4.71. The van der Waals surface area contributed by atoms with E-state index in [1.54, 1.807) is 12.1 Å². The number of piperidine rings is 1. The van der Waals surface area contributed by atoms with Crippen molar-refractivity contribution in [2.24, 2.45) is 5.92 Å². The highest BCUT2D eigenvalue weighted by molar-refractivity contribution is 5.79. The van der Waals surface area contributed by atoms with Gasteiger partial charge in [-0.2, -0.15) is 0 Å². The highest BCUT2D eigenvalue weighted by Gasteiger charge is 2.31. The maximum atomic E-state index is 13.2. The molecular weight excluding hydrogens is 417 g/mol. The van der Waals surface area contributed by atoms with E-state index in [0.29, 0.717) is 13.1 Å². The average Bonchev–Trinajstić information content (AvgIpc) is 2.90. The molecule has 0 N–H and O–H groups in total. The number of rotatable bonds is 4. The Labute approximate surface area is 193 Å². The first-order chi connectivity index (χ1) is 16.2. The minimum absolute atomic E-state index is 0.0650. The van der Waals surface area contributed by atoms with Crippen molar-refractivity contribution in [3.05, 3.63) is 72.5 Å². The lowest BCUT2D eigenvalue weighted by Crippen LogP contribution is -2.51. The zero-order chi connectivity index (χ0) is 22.6. The zero-order valence-corrected chi connectivity index (χ0v) is 18.6.